The molecular weight excluding hydrogens is 412 g/mol. The molecule has 0 unspecified atom stereocenters. The highest BCUT2D eigenvalue weighted by Gasteiger charge is 2.08. The van der Waals surface area contributed by atoms with E-state index in [1.807, 2.05) is 54.6 Å². The Morgan fingerprint density at radius 3 is 2.52 bits per heavy atom. The molecule has 31 heavy (non-hydrogen) atoms. The third-order valence-corrected chi connectivity index (χ3v) is 4.77. The summed E-state index contributed by atoms with van der Waals surface area (Å²) in [4.78, 5) is 11.0. The molecule has 0 aliphatic heterocycles. The Labute approximate surface area is 183 Å². The second-order valence-corrected chi connectivity index (χ2v) is 6.99. The van der Waals surface area contributed by atoms with Gasteiger partial charge in [0.25, 0.3) is 0 Å². The summed E-state index contributed by atoms with van der Waals surface area (Å²) in [5.41, 5.74) is 2.76. The van der Waals surface area contributed by atoms with Crippen molar-refractivity contribution in [2.75, 3.05) is 0 Å². The minimum Gasteiger partial charge on any atom is -0.488 e. The summed E-state index contributed by atoms with van der Waals surface area (Å²) in [5, 5.41) is 20.6. The molecule has 0 saturated carbocycles. The van der Waals surface area contributed by atoms with Gasteiger partial charge in [-0.3, -0.25) is 0 Å². The molecular formula is C23H18N4O3S. The molecule has 0 saturated heterocycles. The van der Waals surface area contributed by atoms with Gasteiger partial charge in [0.15, 0.2) is 5.82 Å². The molecule has 1 heterocycles. The molecule has 0 radical (unpaired) electrons. The van der Waals surface area contributed by atoms with E-state index in [4.69, 9.17) is 22.1 Å². The number of H-pyrrole nitrogens is 1. The number of nitrogens with zero attached hydrogens (tertiary/aromatic N) is 3. The second-order valence-electron chi connectivity index (χ2n) is 6.60. The SMILES string of the molecule is O=C(O)c1ccc(COc2ccccc2C=Nn2c(-c3ccccc3)n[nH]c2=S)cc1. The fourth-order valence-electron chi connectivity index (χ4n) is 2.92. The Morgan fingerprint density at radius 2 is 1.77 bits per heavy atom. The van der Waals surface area contributed by atoms with E-state index in [0.717, 1.165) is 16.7 Å². The van der Waals surface area contributed by atoms with Crippen molar-refractivity contribution in [3.63, 3.8) is 0 Å². The van der Waals surface area contributed by atoms with Gasteiger partial charge in [-0.25, -0.2) is 9.89 Å². The van der Waals surface area contributed by atoms with Gasteiger partial charge in [-0.2, -0.15) is 14.9 Å². The lowest BCUT2D eigenvalue weighted by Crippen LogP contribution is -2.01. The number of aromatic nitrogens is 3. The Kier molecular flexibility index (Phi) is 6.00. The van der Waals surface area contributed by atoms with Crippen LogP contribution in [0.15, 0.2) is 84.0 Å². The average Bonchev–Trinajstić information content (AvgIpc) is 3.18. The van der Waals surface area contributed by atoms with Crippen molar-refractivity contribution < 1.29 is 14.6 Å². The summed E-state index contributed by atoms with van der Waals surface area (Å²) >= 11 is 5.32. The number of ether oxygens (including phenoxy) is 1. The monoisotopic (exact) mass is 430 g/mol. The van der Waals surface area contributed by atoms with Crippen LogP contribution < -0.4 is 4.74 Å². The molecule has 0 aliphatic rings. The molecule has 4 aromatic rings. The van der Waals surface area contributed by atoms with Crippen LogP contribution in [-0.2, 0) is 6.61 Å². The van der Waals surface area contributed by atoms with E-state index < -0.39 is 5.97 Å². The van der Waals surface area contributed by atoms with Crippen molar-refractivity contribution in [1.29, 1.82) is 0 Å². The first kappa shape index (κ1) is 20.2. The van der Waals surface area contributed by atoms with Crippen LogP contribution in [0, 0.1) is 4.77 Å². The van der Waals surface area contributed by atoms with E-state index in [1.54, 1.807) is 35.2 Å². The van der Waals surface area contributed by atoms with E-state index in [2.05, 4.69) is 15.3 Å². The van der Waals surface area contributed by atoms with Gasteiger partial charge in [-0.05, 0) is 42.0 Å². The molecule has 154 valence electrons. The third kappa shape index (κ3) is 4.76. The number of aromatic carboxylic acids is 1. The van der Waals surface area contributed by atoms with E-state index in [1.165, 1.54) is 0 Å². The van der Waals surface area contributed by atoms with Gasteiger partial charge < -0.3 is 9.84 Å². The van der Waals surface area contributed by atoms with E-state index in [0.29, 0.717) is 23.0 Å². The van der Waals surface area contributed by atoms with Crippen LogP contribution in [0.2, 0.25) is 0 Å². The lowest BCUT2D eigenvalue weighted by Gasteiger charge is -2.09. The first-order valence-electron chi connectivity index (χ1n) is 9.43. The van der Waals surface area contributed by atoms with Gasteiger partial charge >= 0.3 is 5.97 Å². The van der Waals surface area contributed by atoms with Crippen molar-refractivity contribution in [3.8, 4) is 17.1 Å². The molecule has 1 aromatic heterocycles. The molecule has 8 heteroatoms. The maximum absolute atomic E-state index is 11.0. The quantitative estimate of drug-likeness (QED) is 0.326. The average molecular weight is 430 g/mol. The van der Waals surface area contributed by atoms with Gasteiger partial charge in [-0.15, -0.1) is 0 Å². The zero-order valence-corrected chi connectivity index (χ0v) is 17.1. The topological polar surface area (TPSA) is 92.5 Å². The molecule has 3 aromatic carbocycles. The molecule has 0 spiro atoms. The molecule has 0 atom stereocenters. The summed E-state index contributed by atoms with van der Waals surface area (Å²) in [5.74, 6) is 0.297. The van der Waals surface area contributed by atoms with Crippen molar-refractivity contribution in [2.45, 2.75) is 6.61 Å². The lowest BCUT2D eigenvalue weighted by atomic mass is 10.1. The maximum atomic E-state index is 11.0. The van der Waals surface area contributed by atoms with Crippen LogP contribution in [0.5, 0.6) is 5.75 Å². The lowest BCUT2D eigenvalue weighted by molar-refractivity contribution is 0.0697. The number of aromatic amines is 1. The van der Waals surface area contributed by atoms with Gasteiger partial charge in [0.05, 0.1) is 11.8 Å². The number of para-hydroxylation sites is 1. The molecule has 2 N–H and O–H groups in total. The maximum Gasteiger partial charge on any atom is 0.335 e. The molecule has 4 rings (SSSR count). The standard InChI is InChI=1S/C23H18N4O3S/c28-22(29)18-12-10-16(11-13-18)15-30-20-9-5-4-8-19(20)14-24-27-21(25-26-23(27)31)17-6-2-1-3-7-17/h1-14H,15H2,(H,26,31)(H,28,29). The van der Waals surface area contributed by atoms with Crippen LogP contribution in [0.4, 0.5) is 0 Å². The van der Waals surface area contributed by atoms with Gasteiger partial charge in [0.2, 0.25) is 4.77 Å². The predicted octanol–water partition coefficient (Wildman–Crippen LogP) is 4.77. The zero-order valence-electron chi connectivity index (χ0n) is 16.3. The summed E-state index contributed by atoms with van der Waals surface area (Å²) in [6, 6.07) is 23.7. The third-order valence-electron chi connectivity index (χ3n) is 4.51. The Balaban J connectivity index is 1.55. The summed E-state index contributed by atoms with van der Waals surface area (Å²) in [6.07, 6.45) is 1.67. The van der Waals surface area contributed by atoms with E-state index in [9.17, 15) is 4.79 Å². The number of carboxylic acids is 1. The molecule has 0 fully saturated rings. The molecule has 0 aliphatic carbocycles. The van der Waals surface area contributed by atoms with Gasteiger partial charge in [-0.1, -0.05) is 54.6 Å². The number of hydrogen-bond acceptors (Lipinski definition) is 5. The Morgan fingerprint density at radius 1 is 1.06 bits per heavy atom. The number of nitrogens with one attached hydrogen (secondary N) is 1. The Hall–Kier alpha value is -4.04. The van der Waals surface area contributed by atoms with Crippen LogP contribution in [0.3, 0.4) is 0 Å². The van der Waals surface area contributed by atoms with Crippen LogP contribution in [0.25, 0.3) is 11.4 Å². The first-order chi connectivity index (χ1) is 15.1. The van der Waals surface area contributed by atoms with Crippen molar-refractivity contribution in [3.05, 3.63) is 100 Å². The largest absolute Gasteiger partial charge is 0.488 e. The highest BCUT2D eigenvalue weighted by Crippen LogP contribution is 2.20. The highest BCUT2D eigenvalue weighted by atomic mass is 32.1. The first-order valence-corrected chi connectivity index (χ1v) is 9.84. The number of benzene rings is 3. The minimum atomic E-state index is -0.957. The van der Waals surface area contributed by atoms with E-state index >= 15 is 0 Å². The van der Waals surface area contributed by atoms with Crippen molar-refractivity contribution >= 4 is 24.4 Å². The smallest absolute Gasteiger partial charge is 0.335 e. The summed E-state index contributed by atoms with van der Waals surface area (Å²) < 4.78 is 7.88. The second kappa shape index (κ2) is 9.19. The Bertz CT molecular complexity index is 1280. The summed E-state index contributed by atoms with van der Waals surface area (Å²) in [7, 11) is 0. The highest BCUT2D eigenvalue weighted by molar-refractivity contribution is 7.71. The normalized spacial score (nSPS) is 11.0. The van der Waals surface area contributed by atoms with Crippen LogP contribution >= 0.6 is 12.2 Å². The molecule has 7 nitrogen and oxygen atoms in total. The number of hydrogen-bond donors (Lipinski definition) is 2. The van der Waals surface area contributed by atoms with Crippen LogP contribution in [0.1, 0.15) is 21.5 Å². The van der Waals surface area contributed by atoms with Crippen LogP contribution in [-0.4, -0.2) is 32.2 Å². The zero-order chi connectivity index (χ0) is 21.6. The van der Waals surface area contributed by atoms with Gasteiger partial charge in [0, 0.05) is 11.1 Å². The van der Waals surface area contributed by atoms with Gasteiger partial charge in [0.1, 0.15) is 12.4 Å². The molecule has 0 bridgehead atoms. The van der Waals surface area contributed by atoms with E-state index in [-0.39, 0.29) is 5.56 Å². The number of carboxylic acid groups (broad SMARTS) is 1. The van der Waals surface area contributed by atoms with Crippen molar-refractivity contribution in [2.24, 2.45) is 5.10 Å². The summed E-state index contributed by atoms with van der Waals surface area (Å²) in [6.45, 7) is 0.297. The minimum absolute atomic E-state index is 0.238. The number of rotatable bonds is 7. The number of carbonyl (C=O) groups is 1. The fraction of sp³-hybridized carbons (Fsp3) is 0.0435. The fourth-order valence-corrected chi connectivity index (χ4v) is 3.10. The molecule has 0 amide bonds. The predicted molar refractivity (Wildman–Crippen MR) is 120 cm³/mol. The van der Waals surface area contributed by atoms with Crippen molar-refractivity contribution in [1.82, 2.24) is 14.9 Å².